The van der Waals surface area contributed by atoms with Crippen molar-refractivity contribution in [1.29, 1.82) is 0 Å². The number of nitrogens with one attached hydrogen (secondary N) is 1. The van der Waals surface area contributed by atoms with Crippen molar-refractivity contribution in [2.75, 3.05) is 17.5 Å². The number of sulfone groups is 1. The van der Waals surface area contributed by atoms with Gasteiger partial charge >= 0.3 is 18.1 Å². The van der Waals surface area contributed by atoms with Crippen LogP contribution in [-0.2, 0) is 19.4 Å². The Morgan fingerprint density at radius 3 is 2.26 bits per heavy atom. The van der Waals surface area contributed by atoms with Crippen LogP contribution in [0, 0.1) is 0 Å². The molecule has 1 saturated heterocycles. The van der Waals surface area contributed by atoms with Gasteiger partial charge in [-0.15, -0.1) is 20.7 Å². The van der Waals surface area contributed by atoms with Crippen LogP contribution in [0.2, 0.25) is 0 Å². The van der Waals surface area contributed by atoms with Crippen LogP contribution >= 0.6 is 20.7 Å². The molecule has 0 atom stereocenters. The van der Waals surface area contributed by atoms with Crippen LogP contribution in [0.4, 0.5) is 22.0 Å². The van der Waals surface area contributed by atoms with Gasteiger partial charge in [-0.05, 0) is 91.3 Å². The van der Waals surface area contributed by atoms with Gasteiger partial charge in [0.05, 0.1) is 4.90 Å². The van der Waals surface area contributed by atoms with Crippen LogP contribution in [0.3, 0.4) is 0 Å². The predicted octanol–water partition coefficient (Wildman–Crippen LogP) is 5.86. The smallest absolute Gasteiger partial charge is 0.453 e. The van der Waals surface area contributed by atoms with E-state index in [4.69, 9.17) is 4.74 Å². The number of aliphatic imine (C=N–C) groups is 1. The van der Waals surface area contributed by atoms with Crippen molar-refractivity contribution in [3.05, 3.63) is 36.0 Å². The zero-order valence-electron chi connectivity index (χ0n) is 21.9. The molecule has 0 saturated carbocycles. The molecule has 39 heavy (non-hydrogen) atoms. The summed E-state index contributed by atoms with van der Waals surface area (Å²) < 4.78 is 98.0. The number of esters is 1. The lowest BCUT2D eigenvalue weighted by atomic mass is 9.96. The lowest BCUT2D eigenvalue weighted by Crippen LogP contribution is -2.55. The number of alkyl halides is 6. The monoisotopic (exact) mass is 690 g/mol. The minimum atomic E-state index is -5.61. The van der Waals surface area contributed by atoms with E-state index in [1.807, 2.05) is 0 Å². The van der Waals surface area contributed by atoms with E-state index >= 15 is 0 Å². The van der Waals surface area contributed by atoms with Crippen molar-refractivity contribution in [3.63, 3.8) is 0 Å². The van der Waals surface area contributed by atoms with Gasteiger partial charge in [0.1, 0.15) is 5.60 Å². The SMILES string of the molecule is CC(C)(C)OC(=O)C1(S(=O)(=O)c2ccc(/C3=C/N=C(CCC(F)(F)C(F)(F)F)C=ICC3)cc2)CCNCC1. The minimum Gasteiger partial charge on any atom is -0.459 e. The molecule has 2 heterocycles. The zero-order chi connectivity index (χ0) is 29.1. The highest BCUT2D eigenvalue weighted by atomic mass is 127. The fraction of sp³-hybridized carbons (Fsp3) is 0.577. The van der Waals surface area contributed by atoms with Gasteiger partial charge in [0, 0.05) is 18.3 Å². The lowest BCUT2D eigenvalue weighted by Gasteiger charge is -2.36. The van der Waals surface area contributed by atoms with Gasteiger partial charge in [-0.1, -0.05) is 12.1 Å². The Kier molecular flexibility index (Phi) is 9.79. The molecule has 2 aliphatic heterocycles. The fourth-order valence-electron chi connectivity index (χ4n) is 4.18. The van der Waals surface area contributed by atoms with Gasteiger partial charge in [-0.3, -0.25) is 9.79 Å². The zero-order valence-corrected chi connectivity index (χ0v) is 24.9. The standard InChI is InChI=1S/C26H32F5IN2O4S/c1-23(2,3)38-22(35)24(11-14-33-15-12-24)39(36,37)21-6-4-18(5-7-21)19-9-13-32-16-20(34-17-19)8-10-25(27,28)26(29,30)31/h4-7,16-17,33H,8-15H2,1-3H3/b19-17+,34-20?. The van der Waals surface area contributed by atoms with Crippen LogP contribution in [0.15, 0.2) is 40.4 Å². The first-order valence-corrected chi connectivity index (χ1v) is 16.6. The molecular weight excluding hydrogens is 658 g/mol. The summed E-state index contributed by atoms with van der Waals surface area (Å²) in [5, 5.41) is 3.08. The van der Waals surface area contributed by atoms with Crippen LogP contribution < -0.4 is 5.32 Å². The van der Waals surface area contributed by atoms with E-state index in [0.717, 1.165) is 5.57 Å². The van der Waals surface area contributed by atoms with E-state index in [-0.39, 0.29) is 23.4 Å². The lowest BCUT2D eigenvalue weighted by molar-refractivity contribution is -0.283. The molecule has 0 radical (unpaired) electrons. The van der Waals surface area contributed by atoms with Crippen molar-refractivity contribution in [3.8, 4) is 0 Å². The average Bonchev–Trinajstić information content (AvgIpc) is 2.82. The van der Waals surface area contributed by atoms with Gasteiger partial charge in [-0.25, -0.2) is 8.42 Å². The van der Waals surface area contributed by atoms with Crippen LogP contribution in [0.1, 0.15) is 58.4 Å². The topological polar surface area (TPSA) is 84.8 Å². The summed E-state index contributed by atoms with van der Waals surface area (Å²) in [7, 11) is -4.12. The summed E-state index contributed by atoms with van der Waals surface area (Å²) in [6.07, 6.45) is -5.30. The quantitative estimate of drug-likeness (QED) is 0.168. The van der Waals surface area contributed by atoms with Gasteiger partial charge < -0.3 is 10.1 Å². The number of halogens is 6. The number of carbonyl (C=O) groups is 1. The third-order valence-electron chi connectivity index (χ3n) is 6.40. The normalized spacial score (nSPS) is 20.5. The molecule has 2 aliphatic rings. The molecule has 0 bridgehead atoms. The van der Waals surface area contributed by atoms with Crippen molar-refractivity contribution in [2.24, 2.45) is 4.99 Å². The van der Waals surface area contributed by atoms with Crippen LogP contribution in [0.25, 0.3) is 5.57 Å². The molecule has 1 aromatic carbocycles. The summed E-state index contributed by atoms with van der Waals surface area (Å²) in [5.41, 5.74) is 0.699. The molecule has 0 spiro atoms. The Morgan fingerprint density at radius 2 is 1.69 bits per heavy atom. The molecule has 1 fully saturated rings. The predicted molar refractivity (Wildman–Crippen MR) is 150 cm³/mol. The Bertz CT molecular complexity index is 1240. The number of allylic oxidation sites excluding steroid dienone is 1. The number of carbonyl (C=O) groups excluding carboxylic acids is 1. The molecular formula is C26H32F5IN2O4S. The summed E-state index contributed by atoms with van der Waals surface area (Å²) in [5.74, 6) is -5.57. The third-order valence-corrected chi connectivity index (χ3v) is 11.2. The maximum atomic E-state index is 13.8. The number of benzene rings is 1. The first kappa shape index (κ1) is 31.8. The van der Waals surface area contributed by atoms with Gasteiger partial charge in [0.2, 0.25) is 0 Å². The van der Waals surface area contributed by atoms with E-state index in [2.05, 4.69) is 10.3 Å². The summed E-state index contributed by atoms with van der Waals surface area (Å²) in [6, 6.07) is 6.04. The maximum absolute atomic E-state index is 13.8. The number of hydrogen-bond acceptors (Lipinski definition) is 6. The first-order chi connectivity index (χ1) is 18.0. The molecule has 0 aromatic heterocycles. The Hall–Kier alpha value is -1.74. The second-order valence-electron chi connectivity index (χ2n) is 10.5. The second kappa shape index (κ2) is 12.0. The van der Waals surface area contributed by atoms with Gasteiger partial charge in [-0.2, -0.15) is 22.0 Å². The van der Waals surface area contributed by atoms with E-state index < -0.39 is 71.8 Å². The Balaban J connectivity index is 1.86. The van der Waals surface area contributed by atoms with E-state index in [0.29, 0.717) is 29.5 Å². The molecule has 218 valence electrons. The molecule has 0 unspecified atom stereocenters. The first-order valence-electron chi connectivity index (χ1n) is 12.4. The van der Waals surface area contributed by atoms with Crippen molar-refractivity contribution in [1.82, 2.24) is 5.32 Å². The highest BCUT2D eigenvalue weighted by Gasteiger charge is 2.57. The fourth-order valence-corrected chi connectivity index (χ4v) is 8.31. The van der Waals surface area contributed by atoms with Crippen LogP contribution in [0.5, 0.6) is 0 Å². The summed E-state index contributed by atoms with van der Waals surface area (Å²) in [6.45, 7) is 5.73. The van der Waals surface area contributed by atoms with Gasteiger partial charge in [0.15, 0.2) is 14.6 Å². The molecule has 6 nitrogen and oxygen atoms in total. The third kappa shape index (κ3) is 7.51. The summed E-state index contributed by atoms with van der Waals surface area (Å²) in [4.78, 5) is 17.3. The number of ether oxygens (including phenoxy) is 1. The van der Waals surface area contributed by atoms with E-state index in [1.165, 1.54) is 18.3 Å². The van der Waals surface area contributed by atoms with Crippen molar-refractivity contribution in [2.45, 2.75) is 80.2 Å². The Labute approximate surface area is 235 Å². The van der Waals surface area contributed by atoms with E-state index in [9.17, 15) is 35.2 Å². The van der Waals surface area contributed by atoms with Crippen molar-refractivity contribution < 1.29 is 39.9 Å². The summed E-state index contributed by atoms with van der Waals surface area (Å²) >= 11 is -0.605. The number of piperidine rings is 1. The Morgan fingerprint density at radius 1 is 1.08 bits per heavy atom. The number of nitrogens with zero attached hydrogens (tertiary/aromatic N) is 1. The largest absolute Gasteiger partial charge is 0.459 e. The van der Waals surface area contributed by atoms with E-state index in [1.54, 1.807) is 36.9 Å². The second-order valence-corrected chi connectivity index (χ2v) is 15.3. The number of rotatable bonds is 7. The van der Waals surface area contributed by atoms with Crippen LogP contribution in [-0.4, -0.2) is 64.1 Å². The average molecular weight is 691 g/mol. The molecule has 13 heteroatoms. The molecule has 3 rings (SSSR count). The van der Waals surface area contributed by atoms with Gasteiger partial charge in [0.25, 0.3) is 0 Å². The molecule has 1 N–H and O–H groups in total. The maximum Gasteiger partial charge on any atom is 0.453 e. The number of hydrogen-bond donors (Lipinski definition) is 1. The minimum absolute atomic E-state index is 0.0233. The highest BCUT2D eigenvalue weighted by molar-refractivity contribution is 14.2. The molecule has 1 aromatic rings. The highest BCUT2D eigenvalue weighted by Crippen LogP contribution is 2.39. The molecule has 0 amide bonds. The van der Waals surface area contributed by atoms with Crippen molar-refractivity contribution >= 4 is 51.8 Å². The molecule has 0 aliphatic carbocycles.